The van der Waals surface area contributed by atoms with Crippen molar-refractivity contribution in [3.8, 4) is 0 Å². The molecule has 2 aliphatic heterocycles. The summed E-state index contributed by atoms with van der Waals surface area (Å²) in [5.74, 6) is 0.956. The van der Waals surface area contributed by atoms with Crippen molar-refractivity contribution < 1.29 is 4.79 Å². The van der Waals surface area contributed by atoms with Gasteiger partial charge in [0.2, 0.25) is 5.91 Å². The molecular formula is C20H32N4O. The molecule has 0 saturated carbocycles. The number of piperidine rings is 1. The minimum atomic E-state index is 0.187. The van der Waals surface area contributed by atoms with Crippen molar-refractivity contribution in [2.24, 2.45) is 5.92 Å². The molecule has 3 rings (SSSR count). The Morgan fingerprint density at radius 1 is 1.16 bits per heavy atom. The fraction of sp³-hybridized carbons (Fsp3) is 0.650. The zero-order chi connectivity index (χ0) is 17.6. The van der Waals surface area contributed by atoms with Gasteiger partial charge in [0.15, 0.2) is 0 Å². The van der Waals surface area contributed by atoms with Gasteiger partial charge in [-0.3, -0.25) is 4.79 Å². The minimum Gasteiger partial charge on any atom is -0.368 e. The van der Waals surface area contributed by atoms with Gasteiger partial charge in [-0.2, -0.15) is 0 Å². The first kappa shape index (κ1) is 18.2. The molecule has 0 spiro atoms. The summed E-state index contributed by atoms with van der Waals surface area (Å²) < 4.78 is 0. The average Bonchev–Trinajstić information content (AvgIpc) is 2.62. The number of hydrogen-bond donors (Lipinski definition) is 1. The third-order valence-electron chi connectivity index (χ3n) is 5.53. The normalized spacial score (nSPS) is 22.2. The molecule has 1 aromatic carbocycles. The first-order valence-corrected chi connectivity index (χ1v) is 9.61. The van der Waals surface area contributed by atoms with E-state index in [4.69, 9.17) is 0 Å². The Morgan fingerprint density at radius 3 is 2.64 bits per heavy atom. The maximum absolute atomic E-state index is 11.5. The lowest BCUT2D eigenvalue weighted by molar-refractivity contribution is -0.129. The zero-order valence-electron chi connectivity index (χ0n) is 15.7. The molecule has 25 heavy (non-hydrogen) atoms. The summed E-state index contributed by atoms with van der Waals surface area (Å²) in [7, 11) is 2.22. The van der Waals surface area contributed by atoms with Gasteiger partial charge in [-0.15, -0.1) is 0 Å². The van der Waals surface area contributed by atoms with Crippen LogP contribution in [0.3, 0.4) is 0 Å². The molecule has 0 aromatic heterocycles. The van der Waals surface area contributed by atoms with Crippen LogP contribution < -0.4 is 10.2 Å². The molecule has 5 nitrogen and oxygen atoms in total. The number of rotatable bonds is 5. The van der Waals surface area contributed by atoms with Crippen LogP contribution in [0.2, 0.25) is 0 Å². The predicted molar refractivity (Wildman–Crippen MR) is 103 cm³/mol. The molecule has 5 heteroatoms. The topological polar surface area (TPSA) is 38.8 Å². The maximum Gasteiger partial charge on any atom is 0.219 e. The molecule has 1 N–H and O–H groups in total. The Hall–Kier alpha value is -1.59. The third kappa shape index (κ3) is 4.95. The standard InChI is InChI=1S/C20H32N4O/c1-17(25)23-10-12-24(13-11-23)20-8-4-3-7-19(20)15-21-14-18-6-5-9-22(2)16-18/h3-4,7-8,18,21H,5-6,9-16H2,1-2H3/t18-/m1/s1. The Balaban J connectivity index is 1.53. The van der Waals surface area contributed by atoms with Crippen LogP contribution >= 0.6 is 0 Å². The molecule has 2 heterocycles. The number of likely N-dealkylation sites (tertiary alicyclic amines) is 1. The molecule has 0 unspecified atom stereocenters. The van der Waals surface area contributed by atoms with Crippen LogP contribution in [0.1, 0.15) is 25.3 Å². The highest BCUT2D eigenvalue weighted by Gasteiger charge is 2.21. The SMILES string of the molecule is CC(=O)N1CCN(c2ccccc2CNC[C@H]2CCCN(C)C2)CC1. The molecule has 2 saturated heterocycles. The van der Waals surface area contributed by atoms with Crippen molar-refractivity contribution in [3.63, 3.8) is 0 Å². The summed E-state index contributed by atoms with van der Waals surface area (Å²) in [5, 5.41) is 3.68. The van der Waals surface area contributed by atoms with Gasteiger partial charge in [-0.1, -0.05) is 18.2 Å². The number of carbonyl (C=O) groups excluding carboxylic acids is 1. The van der Waals surface area contributed by atoms with Gasteiger partial charge in [0, 0.05) is 51.9 Å². The number of nitrogens with one attached hydrogen (secondary N) is 1. The van der Waals surface area contributed by atoms with Crippen molar-refractivity contribution in [2.45, 2.75) is 26.3 Å². The van der Waals surface area contributed by atoms with Crippen LogP contribution in [0.15, 0.2) is 24.3 Å². The van der Waals surface area contributed by atoms with E-state index in [1.54, 1.807) is 6.92 Å². The van der Waals surface area contributed by atoms with Crippen LogP contribution in [-0.2, 0) is 11.3 Å². The second-order valence-corrected chi connectivity index (χ2v) is 7.52. The zero-order valence-corrected chi connectivity index (χ0v) is 15.7. The maximum atomic E-state index is 11.5. The summed E-state index contributed by atoms with van der Waals surface area (Å²) in [5.41, 5.74) is 2.68. The first-order chi connectivity index (χ1) is 12.1. The number of nitrogens with zero attached hydrogens (tertiary/aromatic N) is 3. The van der Waals surface area contributed by atoms with Crippen LogP contribution in [0.25, 0.3) is 0 Å². The van der Waals surface area contributed by atoms with Gasteiger partial charge in [0.1, 0.15) is 0 Å². The van der Waals surface area contributed by atoms with Crippen molar-refractivity contribution in [1.29, 1.82) is 0 Å². The monoisotopic (exact) mass is 344 g/mol. The van der Waals surface area contributed by atoms with Crippen LogP contribution in [0.4, 0.5) is 5.69 Å². The summed E-state index contributed by atoms with van der Waals surface area (Å²) in [6.07, 6.45) is 2.66. The van der Waals surface area contributed by atoms with E-state index >= 15 is 0 Å². The van der Waals surface area contributed by atoms with E-state index in [0.29, 0.717) is 0 Å². The fourth-order valence-corrected chi connectivity index (χ4v) is 4.08. The second-order valence-electron chi connectivity index (χ2n) is 7.52. The number of benzene rings is 1. The lowest BCUT2D eigenvalue weighted by Crippen LogP contribution is -2.48. The average molecular weight is 345 g/mol. The van der Waals surface area contributed by atoms with Gasteiger partial charge < -0.3 is 20.0 Å². The predicted octanol–water partition coefficient (Wildman–Crippen LogP) is 1.79. The summed E-state index contributed by atoms with van der Waals surface area (Å²) in [6.45, 7) is 9.62. The van der Waals surface area contributed by atoms with Crippen molar-refractivity contribution >= 4 is 11.6 Å². The Morgan fingerprint density at radius 2 is 1.92 bits per heavy atom. The Labute approximate surface area is 152 Å². The molecule has 0 bridgehead atoms. The molecule has 138 valence electrons. The summed E-state index contributed by atoms with van der Waals surface area (Å²) >= 11 is 0. The van der Waals surface area contributed by atoms with Crippen LogP contribution in [-0.4, -0.2) is 68.6 Å². The number of amides is 1. The first-order valence-electron chi connectivity index (χ1n) is 9.61. The van der Waals surface area contributed by atoms with Gasteiger partial charge >= 0.3 is 0 Å². The van der Waals surface area contributed by atoms with Gasteiger partial charge in [0.05, 0.1) is 0 Å². The molecular weight excluding hydrogens is 312 g/mol. The molecule has 1 amide bonds. The van der Waals surface area contributed by atoms with Gasteiger partial charge in [0.25, 0.3) is 0 Å². The Bertz CT molecular complexity index is 569. The number of anilines is 1. The number of para-hydroxylation sites is 1. The van der Waals surface area contributed by atoms with E-state index in [1.165, 1.54) is 37.2 Å². The van der Waals surface area contributed by atoms with E-state index in [1.807, 2.05) is 4.90 Å². The highest BCUT2D eigenvalue weighted by Crippen LogP contribution is 2.22. The molecule has 2 aliphatic rings. The quantitative estimate of drug-likeness (QED) is 0.884. The highest BCUT2D eigenvalue weighted by molar-refractivity contribution is 5.73. The Kier molecular flexibility index (Phi) is 6.32. The molecule has 2 fully saturated rings. The van der Waals surface area contributed by atoms with E-state index < -0.39 is 0 Å². The van der Waals surface area contributed by atoms with E-state index in [0.717, 1.165) is 45.2 Å². The fourth-order valence-electron chi connectivity index (χ4n) is 4.08. The van der Waals surface area contributed by atoms with Gasteiger partial charge in [-0.05, 0) is 50.5 Å². The smallest absolute Gasteiger partial charge is 0.219 e. The van der Waals surface area contributed by atoms with Crippen molar-refractivity contribution in [2.75, 3.05) is 57.8 Å². The van der Waals surface area contributed by atoms with Crippen molar-refractivity contribution in [1.82, 2.24) is 15.1 Å². The van der Waals surface area contributed by atoms with E-state index in [2.05, 4.69) is 46.4 Å². The number of piperazine rings is 1. The highest BCUT2D eigenvalue weighted by atomic mass is 16.2. The molecule has 0 radical (unpaired) electrons. The van der Waals surface area contributed by atoms with Crippen LogP contribution in [0, 0.1) is 5.92 Å². The summed E-state index contributed by atoms with van der Waals surface area (Å²) in [4.78, 5) is 18.3. The molecule has 0 aliphatic carbocycles. The van der Waals surface area contributed by atoms with E-state index in [9.17, 15) is 4.79 Å². The largest absolute Gasteiger partial charge is 0.368 e. The minimum absolute atomic E-state index is 0.187. The van der Waals surface area contributed by atoms with Crippen molar-refractivity contribution in [3.05, 3.63) is 29.8 Å². The number of carbonyl (C=O) groups is 1. The van der Waals surface area contributed by atoms with E-state index in [-0.39, 0.29) is 5.91 Å². The lowest BCUT2D eigenvalue weighted by Gasteiger charge is -2.36. The number of hydrogen-bond acceptors (Lipinski definition) is 4. The summed E-state index contributed by atoms with van der Waals surface area (Å²) in [6, 6.07) is 8.69. The molecule has 1 atom stereocenters. The van der Waals surface area contributed by atoms with Gasteiger partial charge in [-0.25, -0.2) is 0 Å². The second kappa shape index (κ2) is 8.68. The lowest BCUT2D eigenvalue weighted by atomic mass is 9.98. The third-order valence-corrected chi connectivity index (χ3v) is 5.53. The molecule has 1 aromatic rings. The van der Waals surface area contributed by atoms with Crippen LogP contribution in [0.5, 0.6) is 0 Å².